The van der Waals surface area contributed by atoms with Crippen LogP contribution < -0.4 is 19.1 Å². The van der Waals surface area contributed by atoms with E-state index >= 15 is 0 Å². The van der Waals surface area contributed by atoms with Crippen molar-refractivity contribution in [1.29, 1.82) is 0 Å². The van der Waals surface area contributed by atoms with E-state index < -0.39 is 28.5 Å². The highest BCUT2D eigenvalue weighted by Gasteiger charge is 2.27. The van der Waals surface area contributed by atoms with Crippen molar-refractivity contribution >= 4 is 44.7 Å². The number of alkyl halides is 2. The number of hydrogen-bond acceptors (Lipinski definition) is 8. The summed E-state index contributed by atoms with van der Waals surface area (Å²) in [5, 5.41) is 11.9. The molecular formula is C29H28Cl2F2N2O7S. The Bertz CT molecular complexity index is 1550. The summed E-state index contributed by atoms with van der Waals surface area (Å²) >= 11 is 12.6. The number of anilines is 1. The largest absolute Gasteiger partial charge is 0.619 e. The number of rotatable bonds is 11. The number of hydrogen-bond donors (Lipinski definition) is 0. The van der Waals surface area contributed by atoms with Crippen LogP contribution in [0.25, 0.3) is 0 Å². The molecule has 0 spiro atoms. The third-order valence-electron chi connectivity index (χ3n) is 7.24. The number of sulfone groups is 1. The van der Waals surface area contributed by atoms with E-state index in [2.05, 4.69) is 4.74 Å². The van der Waals surface area contributed by atoms with E-state index in [0.29, 0.717) is 41.5 Å². The summed E-state index contributed by atoms with van der Waals surface area (Å²) in [5.41, 5.74) is 1.74. The van der Waals surface area contributed by atoms with Gasteiger partial charge in [0.15, 0.2) is 33.7 Å². The lowest BCUT2D eigenvalue weighted by atomic mass is 10.0. The first-order valence-corrected chi connectivity index (χ1v) is 16.1. The molecule has 9 nitrogen and oxygen atoms in total. The fraction of sp³-hybridized carbons (Fsp3) is 0.379. The Morgan fingerprint density at radius 2 is 1.67 bits per heavy atom. The predicted octanol–water partition coefficient (Wildman–Crippen LogP) is 5.39. The average molecular weight is 658 g/mol. The van der Waals surface area contributed by atoms with Gasteiger partial charge in [0.05, 0.1) is 23.7 Å². The summed E-state index contributed by atoms with van der Waals surface area (Å²) in [6.07, 6.45) is 3.14. The molecule has 1 saturated heterocycles. The molecule has 1 aliphatic heterocycles. The van der Waals surface area contributed by atoms with Crippen molar-refractivity contribution in [3.05, 3.63) is 86.8 Å². The number of carbonyl (C=O) groups excluding carboxylic acids is 1. The van der Waals surface area contributed by atoms with Gasteiger partial charge in [-0.2, -0.15) is 13.5 Å². The van der Waals surface area contributed by atoms with Crippen LogP contribution in [0, 0.1) is 11.1 Å². The molecule has 2 aliphatic rings. The van der Waals surface area contributed by atoms with Crippen LogP contribution in [0.3, 0.4) is 0 Å². The molecule has 2 aromatic carbocycles. The van der Waals surface area contributed by atoms with Crippen LogP contribution in [0.5, 0.6) is 11.5 Å². The minimum absolute atomic E-state index is 0.0400. The van der Waals surface area contributed by atoms with E-state index in [1.165, 1.54) is 18.2 Å². The number of nitrogens with zero attached hydrogens (tertiary/aromatic N) is 2. The van der Waals surface area contributed by atoms with Crippen LogP contribution in [0.2, 0.25) is 10.0 Å². The van der Waals surface area contributed by atoms with Crippen LogP contribution in [-0.2, 0) is 21.0 Å². The Hall–Kier alpha value is -3.35. The summed E-state index contributed by atoms with van der Waals surface area (Å²) < 4.78 is 66.5. The van der Waals surface area contributed by atoms with Crippen LogP contribution >= 0.6 is 23.2 Å². The summed E-state index contributed by atoms with van der Waals surface area (Å²) in [4.78, 5) is 15.3. The molecule has 0 radical (unpaired) electrons. The van der Waals surface area contributed by atoms with Crippen LogP contribution in [0.15, 0.2) is 54.9 Å². The average Bonchev–Trinajstić information content (AvgIpc) is 3.78. The highest BCUT2D eigenvalue weighted by molar-refractivity contribution is 7.91. The van der Waals surface area contributed by atoms with E-state index in [-0.39, 0.29) is 45.0 Å². The lowest BCUT2D eigenvalue weighted by Gasteiger charge is -2.28. The zero-order valence-corrected chi connectivity index (χ0v) is 25.1. The number of pyridine rings is 1. The Balaban J connectivity index is 1.41. The number of aromatic nitrogens is 1. The van der Waals surface area contributed by atoms with E-state index in [9.17, 15) is 27.2 Å². The minimum atomic E-state index is -3.07. The van der Waals surface area contributed by atoms with E-state index in [4.69, 9.17) is 32.7 Å². The first-order chi connectivity index (χ1) is 20.5. The molecule has 0 N–H and O–H groups in total. The molecule has 5 rings (SSSR count). The number of carbonyl (C=O) groups is 1. The van der Waals surface area contributed by atoms with E-state index in [1.807, 2.05) is 4.90 Å². The predicted molar refractivity (Wildman–Crippen MR) is 156 cm³/mol. The molecule has 0 bridgehead atoms. The number of esters is 1. The minimum Gasteiger partial charge on any atom is -0.619 e. The van der Waals surface area contributed by atoms with Crippen molar-refractivity contribution in [3.8, 4) is 11.5 Å². The normalized spacial score (nSPS) is 17.0. The van der Waals surface area contributed by atoms with Gasteiger partial charge in [-0.3, -0.25) is 0 Å². The molecule has 1 saturated carbocycles. The monoisotopic (exact) mass is 656 g/mol. The second kappa shape index (κ2) is 13.1. The van der Waals surface area contributed by atoms with Crippen molar-refractivity contribution < 1.29 is 40.9 Å². The fourth-order valence-corrected chi connectivity index (χ4v) is 6.44. The third kappa shape index (κ3) is 8.18. The maximum atomic E-state index is 13.3. The maximum Gasteiger partial charge on any atom is 0.387 e. The summed E-state index contributed by atoms with van der Waals surface area (Å²) in [7, 11) is -3.04. The number of halogens is 4. The third-order valence-corrected chi connectivity index (χ3v) is 9.50. The summed E-state index contributed by atoms with van der Waals surface area (Å²) in [5.74, 6) is -0.329. The molecule has 1 aliphatic carbocycles. The van der Waals surface area contributed by atoms with Crippen molar-refractivity contribution in [2.75, 3.05) is 36.1 Å². The second-order valence-corrected chi connectivity index (χ2v) is 13.5. The zero-order chi connectivity index (χ0) is 30.7. The fourth-order valence-electron chi connectivity index (χ4n) is 4.64. The first-order valence-electron chi connectivity index (χ1n) is 13.5. The molecular weight excluding hydrogens is 629 g/mol. The van der Waals surface area contributed by atoms with Crippen molar-refractivity contribution in [2.24, 2.45) is 5.92 Å². The second-order valence-electron chi connectivity index (χ2n) is 10.4. The molecule has 230 valence electrons. The van der Waals surface area contributed by atoms with Gasteiger partial charge >= 0.3 is 12.6 Å². The molecule has 3 aromatic rings. The van der Waals surface area contributed by atoms with Gasteiger partial charge < -0.3 is 24.3 Å². The van der Waals surface area contributed by atoms with Crippen LogP contribution in [0.4, 0.5) is 14.5 Å². The number of ether oxygens (including phenoxy) is 3. The maximum absolute atomic E-state index is 13.3. The molecule has 14 heteroatoms. The van der Waals surface area contributed by atoms with Crippen LogP contribution in [0.1, 0.15) is 40.4 Å². The van der Waals surface area contributed by atoms with E-state index in [1.54, 1.807) is 24.3 Å². The van der Waals surface area contributed by atoms with Gasteiger partial charge in [-0.25, -0.2) is 13.2 Å². The molecule has 1 aromatic heterocycles. The molecule has 0 amide bonds. The Morgan fingerprint density at radius 3 is 2.28 bits per heavy atom. The Morgan fingerprint density at radius 1 is 1.02 bits per heavy atom. The Labute approximate surface area is 257 Å². The van der Waals surface area contributed by atoms with Gasteiger partial charge in [-0.1, -0.05) is 29.3 Å². The van der Waals surface area contributed by atoms with Gasteiger partial charge in [0.2, 0.25) is 0 Å². The van der Waals surface area contributed by atoms with Gasteiger partial charge in [0, 0.05) is 30.8 Å². The van der Waals surface area contributed by atoms with Gasteiger partial charge in [-0.05, 0) is 60.7 Å². The van der Waals surface area contributed by atoms with Gasteiger partial charge in [-0.15, -0.1) is 0 Å². The molecule has 1 atom stereocenters. The topological polar surface area (TPSA) is 109 Å². The van der Waals surface area contributed by atoms with Crippen LogP contribution in [-0.4, -0.2) is 52.2 Å². The summed E-state index contributed by atoms with van der Waals surface area (Å²) in [6.45, 7) is -2.04. The highest BCUT2D eigenvalue weighted by Crippen LogP contribution is 2.38. The highest BCUT2D eigenvalue weighted by atomic mass is 35.5. The molecule has 0 unspecified atom stereocenters. The van der Waals surface area contributed by atoms with Crippen molar-refractivity contribution in [1.82, 2.24) is 0 Å². The standard InChI is InChI=1S/C29H28Cl2F2N2O7S/c30-23-15-35(37)16-24(31)22(23)14-26(20-5-8-25(42-29(32)33)27(13-20)40-17-18-1-2-18)41-28(36)19-3-6-21(7-4-19)34-9-11-43(38,39)12-10-34/h3-8,13,15-16,18,26,29H,1-2,9-12,14,17H2/t26-/m0/s1. The lowest BCUT2D eigenvalue weighted by Crippen LogP contribution is -2.40. The number of benzene rings is 2. The van der Waals surface area contributed by atoms with Crippen molar-refractivity contribution in [3.63, 3.8) is 0 Å². The quantitative estimate of drug-likeness (QED) is 0.154. The summed E-state index contributed by atoms with van der Waals surface area (Å²) in [6, 6.07) is 10.8. The molecule has 2 fully saturated rings. The lowest BCUT2D eigenvalue weighted by molar-refractivity contribution is -0.605. The van der Waals surface area contributed by atoms with Gasteiger partial charge in [0.1, 0.15) is 16.1 Å². The first kappa shape index (κ1) is 31.1. The Kier molecular flexibility index (Phi) is 9.48. The molecule has 43 heavy (non-hydrogen) atoms. The van der Waals surface area contributed by atoms with Crippen molar-refractivity contribution in [2.45, 2.75) is 32.0 Å². The van der Waals surface area contributed by atoms with E-state index in [0.717, 1.165) is 30.9 Å². The van der Waals surface area contributed by atoms with Gasteiger partial charge in [0.25, 0.3) is 0 Å². The SMILES string of the molecule is O=C(O[C@@H](Cc1c(Cl)c[n+]([O-])cc1Cl)c1ccc(OC(F)F)c(OCC2CC2)c1)c1ccc(N2CCS(=O)(=O)CC2)cc1. The smallest absolute Gasteiger partial charge is 0.387 e. The zero-order valence-electron chi connectivity index (χ0n) is 22.8. The molecule has 2 heterocycles.